The van der Waals surface area contributed by atoms with Gasteiger partial charge in [0.15, 0.2) is 0 Å². The van der Waals surface area contributed by atoms with Crippen LogP contribution in [0, 0.1) is 11.8 Å². The molecule has 4 unspecified atom stereocenters. The molecule has 17 heavy (non-hydrogen) atoms. The van der Waals surface area contributed by atoms with Gasteiger partial charge in [-0.1, -0.05) is 37.3 Å². The molecule has 0 amide bonds. The first-order valence-electron chi connectivity index (χ1n) is 6.60. The summed E-state index contributed by atoms with van der Waals surface area (Å²) in [4.78, 5) is 0. The average molecular weight is 232 g/mol. The lowest BCUT2D eigenvalue weighted by Gasteiger charge is -2.25. The first kappa shape index (κ1) is 11.2. The Labute approximate surface area is 103 Å². The minimum Gasteiger partial charge on any atom is -0.376 e. The number of epoxide rings is 1. The van der Waals surface area contributed by atoms with E-state index in [1.807, 2.05) is 6.07 Å². The lowest BCUT2D eigenvalue weighted by Crippen LogP contribution is -2.26. The lowest BCUT2D eigenvalue weighted by atomic mass is 9.81. The van der Waals surface area contributed by atoms with Crippen molar-refractivity contribution in [2.75, 3.05) is 6.61 Å². The van der Waals surface area contributed by atoms with Gasteiger partial charge in [-0.3, -0.25) is 0 Å². The molecule has 0 aromatic heterocycles. The van der Waals surface area contributed by atoms with Gasteiger partial charge in [-0.2, -0.15) is 0 Å². The Hall–Kier alpha value is -0.860. The fourth-order valence-electron chi connectivity index (χ4n) is 2.82. The summed E-state index contributed by atoms with van der Waals surface area (Å²) >= 11 is 0. The van der Waals surface area contributed by atoms with Crippen LogP contribution < -0.4 is 0 Å². The van der Waals surface area contributed by atoms with Crippen molar-refractivity contribution in [1.82, 2.24) is 0 Å². The van der Waals surface area contributed by atoms with Crippen LogP contribution in [0.15, 0.2) is 30.3 Å². The van der Waals surface area contributed by atoms with Crippen molar-refractivity contribution >= 4 is 0 Å². The highest BCUT2D eigenvalue weighted by Crippen LogP contribution is 2.42. The zero-order valence-electron chi connectivity index (χ0n) is 10.3. The summed E-state index contributed by atoms with van der Waals surface area (Å²) in [5, 5.41) is 0. The largest absolute Gasteiger partial charge is 0.376 e. The third-order valence-corrected chi connectivity index (χ3v) is 4.08. The van der Waals surface area contributed by atoms with Gasteiger partial charge in [0.25, 0.3) is 0 Å². The first-order chi connectivity index (χ1) is 8.33. The number of benzene rings is 1. The first-order valence-corrected chi connectivity index (χ1v) is 6.60. The Morgan fingerprint density at radius 2 is 1.94 bits per heavy atom. The van der Waals surface area contributed by atoms with E-state index >= 15 is 0 Å². The standard InChI is InChI=1S/C15H20O2/c1-11-7-14-15(17-14)8-13(11)10-16-9-12-5-3-2-4-6-12/h2-6,11,13-15H,7-10H2,1H3. The van der Waals surface area contributed by atoms with Crippen LogP contribution in [-0.4, -0.2) is 18.8 Å². The van der Waals surface area contributed by atoms with Gasteiger partial charge in [-0.25, -0.2) is 0 Å². The van der Waals surface area contributed by atoms with E-state index in [-0.39, 0.29) is 0 Å². The number of ether oxygens (including phenoxy) is 2. The zero-order valence-corrected chi connectivity index (χ0v) is 10.3. The Morgan fingerprint density at radius 3 is 2.76 bits per heavy atom. The van der Waals surface area contributed by atoms with Crippen molar-refractivity contribution in [1.29, 1.82) is 0 Å². The summed E-state index contributed by atoms with van der Waals surface area (Å²) in [5.41, 5.74) is 1.26. The Morgan fingerprint density at radius 1 is 1.18 bits per heavy atom. The minimum absolute atomic E-state index is 0.552. The molecular formula is C15H20O2. The van der Waals surface area contributed by atoms with E-state index in [4.69, 9.17) is 9.47 Å². The maximum atomic E-state index is 5.84. The van der Waals surface area contributed by atoms with Crippen molar-refractivity contribution in [3.63, 3.8) is 0 Å². The maximum Gasteiger partial charge on any atom is 0.0845 e. The van der Waals surface area contributed by atoms with Crippen LogP contribution in [0.25, 0.3) is 0 Å². The lowest BCUT2D eigenvalue weighted by molar-refractivity contribution is 0.0581. The molecule has 0 radical (unpaired) electrons. The van der Waals surface area contributed by atoms with Crippen LogP contribution in [0.1, 0.15) is 25.3 Å². The molecule has 1 aromatic carbocycles. The summed E-state index contributed by atoms with van der Waals surface area (Å²) in [7, 11) is 0. The summed E-state index contributed by atoms with van der Waals surface area (Å²) in [5.74, 6) is 1.43. The SMILES string of the molecule is CC1CC2OC2CC1COCc1ccccc1. The molecule has 1 aliphatic heterocycles. The van der Waals surface area contributed by atoms with Gasteiger partial charge in [-0.15, -0.1) is 0 Å². The Bertz CT molecular complexity index is 362. The Balaban J connectivity index is 1.45. The number of hydrogen-bond acceptors (Lipinski definition) is 2. The molecule has 0 spiro atoms. The van der Waals surface area contributed by atoms with E-state index in [0.29, 0.717) is 18.1 Å². The molecule has 1 heterocycles. The van der Waals surface area contributed by atoms with Crippen molar-refractivity contribution in [2.45, 2.75) is 38.6 Å². The molecule has 1 aliphatic carbocycles. The summed E-state index contributed by atoms with van der Waals surface area (Å²) in [6.07, 6.45) is 3.55. The molecule has 1 saturated heterocycles. The van der Waals surface area contributed by atoms with Gasteiger partial charge < -0.3 is 9.47 Å². The molecule has 4 atom stereocenters. The second-order valence-corrected chi connectivity index (χ2v) is 5.42. The fraction of sp³-hybridized carbons (Fsp3) is 0.600. The van der Waals surface area contributed by atoms with Crippen molar-refractivity contribution in [3.05, 3.63) is 35.9 Å². The minimum atomic E-state index is 0.552. The average Bonchev–Trinajstić information content (AvgIpc) is 3.08. The van der Waals surface area contributed by atoms with Crippen LogP contribution in [0.3, 0.4) is 0 Å². The van der Waals surface area contributed by atoms with Crippen LogP contribution in [0.4, 0.5) is 0 Å². The van der Waals surface area contributed by atoms with E-state index in [9.17, 15) is 0 Å². The maximum absolute atomic E-state index is 5.84. The van der Waals surface area contributed by atoms with Crippen molar-refractivity contribution in [3.8, 4) is 0 Å². The van der Waals surface area contributed by atoms with Gasteiger partial charge in [0.2, 0.25) is 0 Å². The summed E-state index contributed by atoms with van der Waals surface area (Å²) in [6.45, 7) is 3.94. The van der Waals surface area contributed by atoms with E-state index in [1.165, 1.54) is 18.4 Å². The van der Waals surface area contributed by atoms with Gasteiger partial charge in [0, 0.05) is 0 Å². The van der Waals surface area contributed by atoms with Crippen LogP contribution in [0.5, 0.6) is 0 Å². The summed E-state index contributed by atoms with van der Waals surface area (Å²) < 4.78 is 11.4. The van der Waals surface area contributed by atoms with Gasteiger partial charge in [0.05, 0.1) is 25.4 Å². The van der Waals surface area contributed by atoms with Crippen molar-refractivity contribution in [2.24, 2.45) is 11.8 Å². The smallest absolute Gasteiger partial charge is 0.0845 e. The van der Waals surface area contributed by atoms with Crippen LogP contribution >= 0.6 is 0 Å². The van der Waals surface area contributed by atoms with E-state index in [1.54, 1.807) is 0 Å². The van der Waals surface area contributed by atoms with Crippen molar-refractivity contribution < 1.29 is 9.47 Å². The molecule has 3 rings (SSSR count). The topological polar surface area (TPSA) is 21.8 Å². The second-order valence-electron chi connectivity index (χ2n) is 5.42. The van der Waals surface area contributed by atoms with Gasteiger partial charge >= 0.3 is 0 Å². The molecule has 1 aromatic rings. The highest BCUT2D eigenvalue weighted by Gasteiger charge is 2.46. The fourth-order valence-corrected chi connectivity index (χ4v) is 2.82. The normalized spacial score (nSPS) is 35.4. The molecule has 2 nitrogen and oxygen atoms in total. The summed E-state index contributed by atoms with van der Waals surface area (Å²) in [6, 6.07) is 10.4. The quantitative estimate of drug-likeness (QED) is 0.744. The van der Waals surface area contributed by atoms with Gasteiger partial charge in [-0.05, 0) is 30.2 Å². The van der Waals surface area contributed by atoms with E-state index < -0.39 is 0 Å². The van der Waals surface area contributed by atoms with Crippen LogP contribution in [-0.2, 0) is 16.1 Å². The molecule has 0 bridgehead atoms. The van der Waals surface area contributed by atoms with E-state index in [2.05, 4.69) is 31.2 Å². The zero-order chi connectivity index (χ0) is 11.7. The number of fused-ring (bicyclic) bond motifs is 1. The molecule has 0 N–H and O–H groups in total. The monoisotopic (exact) mass is 232 g/mol. The predicted octanol–water partition coefficient (Wildman–Crippen LogP) is 3.02. The van der Waals surface area contributed by atoms with Gasteiger partial charge in [0.1, 0.15) is 0 Å². The van der Waals surface area contributed by atoms with E-state index in [0.717, 1.165) is 19.1 Å². The molecule has 2 heteroatoms. The third kappa shape index (κ3) is 2.70. The molecule has 2 fully saturated rings. The molecule has 2 aliphatic rings. The molecule has 92 valence electrons. The number of rotatable bonds is 4. The third-order valence-electron chi connectivity index (χ3n) is 4.08. The second kappa shape index (κ2) is 4.79. The predicted molar refractivity (Wildman–Crippen MR) is 66.6 cm³/mol. The Kier molecular flexibility index (Phi) is 3.17. The molecule has 1 saturated carbocycles. The highest BCUT2D eigenvalue weighted by atomic mass is 16.6. The highest BCUT2D eigenvalue weighted by molar-refractivity contribution is 5.13. The van der Waals surface area contributed by atoms with Crippen LogP contribution in [0.2, 0.25) is 0 Å². The number of hydrogen-bond donors (Lipinski definition) is 0. The molecular weight excluding hydrogens is 212 g/mol.